The number of hydrogen-bond donors (Lipinski definition) is 2. The van der Waals surface area contributed by atoms with E-state index in [1.165, 1.54) is 0 Å². The number of rotatable bonds is 4. The van der Waals surface area contributed by atoms with Gasteiger partial charge in [0.15, 0.2) is 17.3 Å². The Morgan fingerprint density at radius 2 is 2.26 bits per heavy atom. The normalized spacial score (nSPS) is 10.8. The maximum Gasteiger partial charge on any atom is 0.180 e. The Balaban J connectivity index is 1.91. The second-order valence-electron chi connectivity index (χ2n) is 4.09. The molecule has 0 aliphatic rings. The van der Waals surface area contributed by atoms with E-state index in [1.54, 1.807) is 12.5 Å². The molecular formula is C11H14N8. The first-order valence-electron chi connectivity index (χ1n) is 5.86. The zero-order chi connectivity index (χ0) is 13.2. The van der Waals surface area contributed by atoms with Crippen molar-refractivity contribution in [2.45, 2.75) is 6.54 Å². The van der Waals surface area contributed by atoms with Gasteiger partial charge in [-0.25, -0.2) is 9.97 Å². The van der Waals surface area contributed by atoms with Gasteiger partial charge >= 0.3 is 0 Å². The van der Waals surface area contributed by atoms with Crippen LogP contribution in [0, 0.1) is 0 Å². The summed E-state index contributed by atoms with van der Waals surface area (Å²) in [6, 6.07) is 0. The second-order valence-corrected chi connectivity index (χ2v) is 4.09. The molecule has 0 aromatic carbocycles. The Hall–Kier alpha value is -2.64. The van der Waals surface area contributed by atoms with Gasteiger partial charge in [-0.05, 0) is 0 Å². The summed E-state index contributed by atoms with van der Waals surface area (Å²) in [4.78, 5) is 8.74. The van der Waals surface area contributed by atoms with Gasteiger partial charge in [-0.15, -0.1) is 10.2 Å². The van der Waals surface area contributed by atoms with E-state index in [-0.39, 0.29) is 0 Å². The molecule has 0 radical (unpaired) electrons. The number of anilines is 2. The van der Waals surface area contributed by atoms with Crippen LogP contribution in [0.4, 0.5) is 11.6 Å². The van der Waals surface area contributed by atoms with Crippen LogP contribution in [0.15, 0.2) is 24.9 Å². The number of imidazole rings is 1. The lowest BCUT2D eigenvalue weighted by molar-refractivity contribution is 0.810. The van der Waals surface area contributed by atoms with E-state index in [4.69, 9.17) is 0 Å². The van der Waals surface area contributed by atoms with E-state index >= 15 is 0 Å². The van der Waals surface area contributed by atoms with Gasteiger partial charge < -0.3 is 19.6 Å². The molecule has 2 N–H and O–H groups in total. The lowest BCUT2D eigenvalue weighted by atomic mass is 10.5. The van der Waals surface area contributed by atoms with Crippen LogP contribution in [-0.4, -0.2) is 36.2 Å². The third kappa shape index (κ3) is 2.07. The first-order valence-corrected chi connectivity index (χ1v) is 5.86. The van der Waals surface area contributed by atoms with Crippen molar-refractivity contribution in [2.75, 3.05) is 17.7 Å². The molecule has 0 spiro atoms. The maximum atomic E-state index is 4.46. The molecule has 3 heterocycles. The minimum Gasteiger partial charge on any atom is -0.372 e. The second kappa shape index (κ2) is 4.56. The summed E-state index contributed by atoms with van der Waals surface area (Å²) >= 11 is 0. The van der Waals surface area contributed by atoms with E-state index < -0.39 is 0 Å². The van der Waals surface area contributed by atoms with Crippen LogP contribution in [0.1, 0.15) is 5.82 Å². The Morgan fingerprint density at radius 1 is 1.37 bits per heavy atom. The average molecular weight is 258 g/mol. The Morgan fingerprint density at radius 3 is 3.00 bits per heavy atom. The molecule has 0 amide bonds. The van der Waals surface area contributed by atoms with Crippen LogP contribution in [0.3, 0.4) is 0 Å². The Kier molecular flexibility index (Phi) is 2.75. The summed E-state index contributed by atoms with van der Waals surface area (Å²) in [5.74, 6) is 2.31. The highest BCUT2D eigenvalue weighted by atomic mass is 15.3. The van der Waals surface area contributed by atoms with Crippen molar-refractivity contribution in [3.8, 4) is 0 Å². The minimum atomic E-state index is 0.541. The standard InChI is InChI=1S/C11H14N8/c1-12-8-6-19-4-3-13-11(19)10(16-8)14-5-9-17-15-7-18(9)2/h3-4,6-7,12H,5H2,1-2H3,(H,14,16). The van der Waals surface area contributed by atoms with E-state index in [0.717, 1.165) is 17.3 Å². The van der Waals surface area contributed by atoms with Crippen LogP contribution in [0.2, 0.25) is 0 Å². The molecule has 3 aromatic rings. The quantitative estimate of drug-likeness (QED) is 0.709. The highest BCUT2D eigenvalue weighted by Gasteiger charge is 2.08. The zero-order valence-corrected chi connectivity index (χ0v) is 10.7. The largest absolute Gasteiger partial charge is 0.372 e. The molecule has 0 atom stereocenters. The number of nitrogens with one attached hydrogen (secondary N) is 2. The van der Waals surface area contributed by atoms with Crippen molar-refractivity contribution in [1.29, 1.82) is 0 Å². The van der Waals surface area contributed by atoms with E-state index in [2.05, 4.69) is 30.8 Å². The third-order valence-corrected chi connectivity index (χ3v) is 2.85. The molecule has 3 aromatic heterocycles. The molecule has 0 bridgehead atoms. The number of nitrogens with zero attached hydrogens (tertiary/aromatic N) is 6. The number of aryl methyl sites for hydroxylation is 1. The van der Waals surface area contributed by atoms with Crippen LogP contribution in [0.25, 0.3) is 5.65 Å². The summed E-state index contributed by atoms with van der Waals surface area (Å²) < 4.78 is 3.77. The fourth-order valence-corrected chi connectivity index (χ4v) is 1.80. The van der Waals surface area contributed by atoms with E-state index in [0.29, 0.717) is 12.4 Å². The maximum absolute atomic E-state index is 4.46. The van der Waals surface area contributed by atoms with Gasteiger partial charge in [0.05, 0.1) is 12.7 Å². The highest BCUT2D eigenvalue weighted by Crippen LogP contribution is 2.16. The lowest BCUT2D eigenvalue weighted by Gasteiger charge is -2.08. The van der Waals surface area contributed by atoms with E-state index in [1.807, 2.05) is 35.5 Å². The molecule has 0 aliphatic heterocycles. The van der Waals surface area contributed by atoms with Crippen molar-refractivity contribution in [2.24, 2.45) is 7.05 Å². The van der Waals surface area contributed by atoms with Crippen molar-refractivity contribution in [3.63, 3.8) is 0 Å². The highest BCUT2D eigenvalue weighted by molar-refractivity contribution is 5.65. The summed E-state index contributed by atoms with van der Waals surface area (Å²) in [6.45, 7) is 0.541. The molecule has 0 saturated heterocycles. The summed E-state index contributed by atoms with van der Waals surface area (Å²) in [5, 5.41) is 14.1. The zero-order valence-electron chi connectivity index (χ0n) is 10.7. The molecular weight excluding hydrogens is 244 g/mol. The van der Waals surface area contributed by atoms with E-state index in [9.17, 15) is 0 Å². The summed E-state index contributed by atoms with van der Waals surface area (Å²) in [6.07, 6.45) is 7.17. The van der Waals surface area contributed by atoms with Crippen molar-refractivity contribution in [3.05, 3.63) is 30.7 Å². The fraction of sp³-hybridized carbons (Fsp3) is 0.273. The minimum absolute atomic E-state index is 0.541. The van der Waals surface area contributed by atoms with Crippen LogP contribution in [-0.2, 0) is 13.6 Å². The van der Waals surface area contributed by atoms with Gasteiger partial charge in [0, 0.05) is 26.5 Å². The monoisotopic (exact) mass is 258 g/mol. The van der Waals surface area contributed by atoms with Crippen LogP contribution >= 0.6 is 0 Å². The van der Waals surface area contributed by atoms with Gasteiger partial charge in [-0.2, -0.15) is 0 Å². The summed E-state index contributed by atoms with van der Waals surface area (Å²) in [7, 11) is 3.73. The lowest BCUT2D eigenvalue weighted by Crippen LogP contribution is -2.09. The fourth-order valence-electron chi connectivity index (χ4n) is 1.80. The van der Waals surface area contributed by atoms with Crippen molar-refractivity contribution in [1.82, 2.24) is 29.1 Å². The predicted octanol–water partition coefficient (Wildman–Crippen LogP) is 0.512. The van der Waals surface area contributed by atoms with Gasteiger partial charge in [-0.3, -0.25) is 0 Å². The Labute approximate surface area is 109 Å². The van der Waals surface area contributed by atoms with Gasteiger partial charge in [0.1, 0.15) is 12.1 Å². The molecule has 3 rings (SSSR count). The van der Waals surface area contributed by atoms with Crippen LogP contribution in [0.5, 0.6) is 0 Å². The smallest absolute Gasteiger partial charge is 0.180 e. The average Bonchev–Trinajstić information content (AvgIpc) is 3.04. The molecule has 98 valence electrons. The molecule has 0 saturated carbocycles. The first kappa shape index (κ1) is 11.5. The first-order chi connectivity index (χ1) is 9.28. The van der Waals surface area contributed by atoms with Gasteiger partial charge in [-0.1, -0.05) is 0 Å². The van der Waals surface area contributed by atoms with Gasteiger partial charge in [0.25, 0.3) is 0 Å². The molecule has 8 heteroatoms. The van der Waals surface area contributed by atoms with Crippen LogP contribution < -0.4 is 10.6 Å². The number of fused-ring (bicyclic) bond motifs is 1. The summed E-state index contributed by atoms with van der Waals surface area (Å²) in [5.41, 5.74) is 0.779. The van der Waals surface area contributed by atoms with Crippen molar-refractivity contribution >= 4 is 17.3 Å². The van der Waals surface area contributed by atoms with Crippen molar-refractivity contribution < 1.29 is 0 Å². The third-order valence-electron chi connectivity index (χ3n) is 2.85. The molecule has 0 unspecified atom stereocenters. The SMILES string of the molecule is CNc1cn2ccnc2c(NCc2nncn2C)n1. The number of aromatic nitrogens is 6. The Bertz CT molecular complexity index is 698. The molecule has 0 aliphatic carbocycles. The topological polar surface area (TPSA) is 85.0 Å². The molecule has 0 fully saturated rings. The molecule has 8 nitrogen and oxygen atoms in total. The molecule has 19 heavy (non-hydrogen) atoms. The predicted molar refractivity (Wildman–Crippen MR) is 70.9 cm³/mol. The number of hydrogen-bond acceptors (Lipinski definition) is 6. The van der Waals surface area contributed by atoms with Gasteiger partial charge in [0.2, 0.25) is 0 Å².